The van der Waals surface area contributed by atoms with Crippen molar-refractivity contribution in [2.24, 2.45) is 0 Å². The van der Waals surface area contributed by atoms with Crippen molar-refractivity contribution in [3.8, 4) is 0 Å². The monoisotopic (exact) mass is 248 g/mol. The minimum absolute atomic E-state index is 0.0593. The molecule has 7 nitrogen and oxygen atoms in total. The minimum Gasteiger partial charge on any atom is -0.463 e. The van der Waals surface area contributed by atoms with Crippen LogP contribution in [0.3, 0.4) is 0 Å². The number of rotatable bonds is 3. The molecule has 0 radical (unpaired) electrons. The third-order valence-electron chi connectivity index (χ3n) is 2.27. The largest absolute Gasteiger partial charge is 0.463 e. The van der Waals surface area contributed by atoms with Gasteiger partial charge in [-0.25, -0.2) is 0 Å². The molecule has 0 aromatic carbocycles. The summed E-state index contributed by atoms with van der Waals surface area (Å²) in [5.41, 5.74) is 0. The molecule has 0 aromatic heterocycles. The molecule has 0 aromatic rings. The van der Waals surface area contributed by atoms with Crippen LogP contribution in [-0.2, 0) is 23.8 Å². The molecule has 17 heavy (non-hydrogen) atoms. The highest BCUT2D eigenvalue weighted by molar-refractivity contribution is 5.66. The molecule has 0 amide bonds. The van der Waals surface area contributed by atoms with Crippen LogP contribution in [0.15, 0.2) is 0 Å². The summed E-state index contributed by atoms with van der Waals surface area (Å²) in [6.07, 6.45) is -4.09. The quantitative estimate of drug-likeness (QED) is 0.614. The lowest BCUT2D eigenvalue weighted by molar-refractivity contribution is -0.260. The van der Waals surface area contributed by atoms with Crippen molar-refractivity contribution in [2.45, 2.75) is 44.9 Å². The number of aliphatic hydroxyl groups excluding tert-OH is 2. The first kappa shape index (κ1) is 13.9. The second-order valence-electron chi connectivity index (χ2n) is 3.83. The van der Waals surface area contributed by atoms with E-state index in [1.807, 2.05) is 0 Å². The lowest BCUT2D eigenvalue weighted by atomic mass is 10.0. The van der Waals surface area contributed by atoms with E-state index >= 15 is 0 Å². The summed E-state index contributed by atoms with van der Waals surface area (Å²) in [7, 11) is 0. The van der Waals surface area contributed by atoms with Crippen molar-refractivity contribution in [3.05, 3.63) is 0 Å². The van der Waals surface area contributed by atoms with Gasteiger partial charge in [0.15, 0.2) is 12.4 Å². The van der Waals surface area contributed by atoms with E-state index in [1.165, 1.54) is 13.8 Å². The third-order valence-corrected chi connectivity index (χ3v) is 2.27. The highest BCUT2D eigenvalue weighted by atomic mass is 16.7. The number of hydrogen-bond acceptors (Lipinski definition) is 7. The van der Waals surface area contributed by atoms with Crippen molar-refractivity contribution in [1.82, 2.24) is 0 Å². The fourth-order valence-corrected chi connectivity index (χ4v) is 1.57. The van der Waals surface area contributed by atoms with Crippen LogP contribution in [0, 0.1) is 0 Å². The van der Waals surface area contributed by atoms with Crippen LogP contribution in [0.5, 0.6) is 0 Å². The predicted octanol–water partition coefficient (Wildman–Crippen LogP) is -1.05. The van der Waals surface area contributed by atoms with Crippen molar-refractivity contribution < 1.29 is 34.0 Å². The molecule has 0 saturated carbocycles. The molecule has 1 aliphatic rings. The van der Waals surface area contributed by atoms with Gasteiger partial charge in [-0.1, -0.05) is 0 Å². The van der Waals surface area contributed by atoms with Crippen molar-refractivity contribution in [1.29, 1.82) is 0 Å². The maximum absolute atomic E-state index is 10.7. The van der Waals surface area contributed by atoms with Crippen LogP contribution < -0.4 is 0 Å². The van der Waals surface area contributed by atoms with Gasteiger partial charge in [-0.05, 0) is 0 Å². The van der Waals surface area contributed by atoms with E-state index in [9.17, 15) is 19.8 Å². The Kier molecular flexibility index (Phi) is 4.86. The Balaban J connectivity index is 2.48. The van der Waals surface area contributed by atoms with Gasteiger partial charge in [0.2, 0.25) is 0 Å². The Labute approximate surface area is 98.3 Å². The lowest BCUT2D eigenvalue weighted by Gasteiger charge is -2.35. The molecule has 7 heteroatoms. The zero-order valence-corrected chi connectivity index (χ0v) is 9.66. The van der Waals surface area contributed by atoms with Gasteiger partial charge in [0.05, 0.1) is 12.2 Å². The van der Waals surface area contributed by atoms with E-state index in [-0.39, 0.29) is 13.0 Å². The second-order valence-corrected chi connectivity index (χ2v) is 3.83. The Hall–Kier alpha value is -1.18. The first-order chi connectivity index (χ1) is 7.90. The van der Waals surface area contributed by atoms with Crippen LogP contribution in [0.25, 0.3) is 0 Å². The molecule has 0 aliphatic carbocycles. The third kappa shape index (κ3) is 4.29. The van der Waals surface area contributed by atoms with E-state index < -0.39 is 36.5 Å². The molecule has 1 rings (SSSR count). The predicted molar refractivity (Wildman–Crippen MR) is 53.7 cm³/mol. The normalized spacial score (nSPS) is 32.9. The van der Waals surface area contributed by atoms with Gasteiger partial charge in [0.25, 0.3) is 0 Å². The number of aliphatic hydroxyl groups is 2. The molecule has 1 saturated heterocycles. The molecule has 1 heterocycles. The van der Waals surface area contributed by atoms with Gasteiger partial charge < -0.3 is 24.4 Å². The van der Waals surface area contributed by atoms with Gasteiger partial charge in [0.1, 0.15) is 6.61 Å². The number of esters is 2. The van der Waals surface area contributed by atoms with Crippen LogP contribution >= 0.6 is 0 Å². The number of ether oxygens (including phenoxy) is 3. The first-order valence-electron chi connectivity index (χ1n) is 5.22. The second kappa shape index (κ2) is 5.95. The van der Waals surface area contributed by atoms with E-state index in [0.29, 0.717) is 0 Å². The maximum atomic E-state index is 10.7. The highest BCUT2D eigenvalue weighted by Gasteiger charge is 2.39. The fourth-order valence-electron chi connectivity index (χ4n) is 1.57. The molecular formula is C10H16O7. The van der Waals surface area contributed by atoms with E-state index in [1.54, 1.807) is 0 Å². The molecule has 1 fully saturated rings. The molecule has 4 atom stereocenters. The van der Waals surface area contributed by atoms with Crippen LogP contribution in [-0.4, -0.2) is 53.4 Å². The van der Waals surface area contributed by atoms with E-state index in [2.05, 4.69) is 0 Å². The zero-order valence-electron chi connectivity index (χ0n) is 9.66. The summed E-state index contributed by atoms with van der Waals surface area (Å²) in [5, 5.41) is 19.2. The number of hydrogen-bond donors (Lipinski definition) is 2. The SMILES string of the molecule is CC(=O)OC[C@@H]1C[C@H](O)[C@@H](OC(C)=O)[C@@H](O)O1. The van der Waals surface area contributed by atoms with Gasteiger partial charge >= 0.3 is 11.9 Å². The maximum Gasteiger partial charge on any atom is 0.303 e. The lowest BCUT2D eigenvalue weighted by Crippen LogP contribution is -2.51. The highest BCUT2D eigenvalue weighted by Crippen LogP contribution is 2.22. The Morgan fingerprint density at radius 2 is 1.94 bits per heavy atom. The molecule has 98 valence electrons. The Morgan fingerprint density at radius 1 is 1.29 bits per heavy atom. The van der Waals surface area contributed by atoms with Crippen LogP contribution in [0.1, 0.15) is 20.3 Å². The summed E-state index contributed by atoms with van der Waals surface area (Å²) in [6.45, 7) is 2.36. The van der Waals surface area contributed by atoms with E-state index in [0.717, 1.165) is 0 Å². The van der Waals surface area contributed by atoms with Crippen molar-refractivity contribution in [3.63, 3.8) is 0 Å². The van der Waals surface area contributed by atoms with Gasteiger partial charge in [-0.3, -0.25) is 9.59 Å². The molecule has 0 spiro atoms. The Morgan fingerprint density at radius 3 is 2.41 bits per heavy atom. The summed E-state index contributed by atoms with van der Waals surface area (Å²) in [4.78, 5) is 21.3. The summed E-state index contributed by atoms with van der Waals surface area (Å²) in [5.74, 6) is -1.09. The van der Waals surface area contributed by atoms with E-state index in [4.69, 9.17) is 14.2 Å². The molecule has 0 bridgehead atoms. The van der Waals surface area contributed by atoms with Crippen molar-refractivity contribution in [2.75, 3.05) is 6.61 Å². The molecule has 2 N–H and O–H groups in total. The van der Waals surface area contributed by atoms with Crippen LogP contribution in [0.4, 0.5) is 0 Å². The zero-order chi connectivity index (χ0) is 13.0. The minimum atomic E-state index is -1.43. The summed E-state index contributed by atoms with van der Waals surface area (Å²) in [6, 6.07) is 0. The molecule has 1 aliphatic heterocycles. The summed E-state index contributed by atoms with van der Waals surface area (Å²) < 4.78 is 14.5. The Bertz CT molecular complexity index is 278. The standard InChI is InChI=1S/C10H16O7/c1-5(11)15-4-7-3-8(13)9(10(14)17-7)16-6(2)12/h7-10,13-14H,3-4H2,1-2H3/t7-,8-,9+,10-/m0/s1. The van der Waals surface area contributed by atoms with Crippen molar-refractivity contribution >= 4 is 11.9 Å². The molecule has 0 unspecified atom stereocenters. The van der Waals surface area contributed by atoms with Gasteiger partial charge in [0, 0.05) is 20.3 Å². The van der Waals surface area contributed by atoms with Crippen LogP contribution in [0.2, 0.25) is 0 Å². The number of carbonyl (C=O) groups is 2. The fraction of sp³-hybridized carbons (Fsp3) is 0.800. The topological polar surface area (TPSA) is 102 Å². The smallest absolute Gasteiger partial charge is 0.303 e. The van der Waals surface area contributed by atoms with Gasteiger partial charge in [-0.15, -0.1) is 0 Å². The van der Waals surface area contributed by atoms with Gasteiger partial charge in [-0.2, -0.15) is 0 Å². The average Bonchev–Trinajstić information content (AvgIpc) is 2.20. The number of carbonyl (C=O) groups excluding carboxylic acids is 2. The first-order valence-corrected chi connectivity index (χ1v) is 5.22. The average molecular weight is 248 g/mol. The molecular weight excluding hydrogens is 232 g/mol. The summed E-state index contributed by atoms with van der Waals surface area (Å²) >= 11 is 0.